The zero-order valence-corrected chi connectivity index (χ0v) is 16.3. The molecule has 3 N–H and O–H groups in total. The molecule has 5 atom stereocenters. The molecule has 2 heterocycles. The van der Waals surface area contributed by atoms with Crippen molar-refractivity contribution < 1.29 is 13.5 Å². The number of fused-ring (bicyclic) bond motifs is 1. The van der Waals surface area contributed by atoms with E-state index >= 15 is 0 Å². The fraction of sp³-hybridized carbons (Fsp3) is 0.727. The van der Waals surface area contributed by atoms with Crippen LogP contribution in [0.15, 0.2) is 18.2 Å². The summed E-state index contributed by atoms with van der Waals surface area (Å²) < 4.78 is 33.5. The molecule has 2 saturated heterocycles. The highest BCUT2D eigenvalue weighted by Crippen LogP contribution is 2.41. The van der Waals surface area contributed by atoms with Crippen molar-refractivity contribution in [3.8, 4) is 0 Å². The molecule has 0 amide bonds. The molecule has 5 rings (SSSR count). The third kappa shape index (κ3) is 3.97. The Hall–Kier alpha value is -1.08. The quantitative estimate of drug-likeness (QED) is 0.811. The van der Waals surface area contributed by atoms with Crippen LogP contribution in [0, 0.1) is 29.4 Å². The molecule has 4 nitrogen and oxygen atoms in total. The van der Waals surface area contributed by atoms with Gasteiger partial charge in [0.2, 0.25) is 0 Å². The molecular formula is C22H31F2N3O. The van der Waals surface area contributed by atoms with Crippen LogP contribution in [0.5, 0.6) is 0 Å². The van der Waals surface area contributed by atoms with Crippen molar-refractivity contribution in [3.63, 3.8) is 0 Å². The van der Waals surface area contributed by atoms with E-state index in [1.54, 1.807) is 0 Å². The average molecular weight is 392 g/mol. The minimum Gasteiger partial charge on any atom is -0.370 e. The van der Waals surface area contributed by atoms with Gasteiger partial charge in [-0.3, -0.25) is 0 Å². The van der Waals surface area contributed by atoms with E-state index in [1.807, 2.05) is 0 Å². The number of halogens is 2. The molecular weight excluding hydrogens is 360 g/mol. The van der Waals surface area contributed by atoms with Gasteiger partial charge in [-0.1, -0.05) is 0 Å². The summed E-state index contributed by atoms with van der Waals surface area (Å²) in [4.78, 5) is 2.68. The lowest BCUT2D eigenvalue weighted by Crippen LogP contribution is -2.50. The SMILES string of the molecule is N[C@H]1C[C@@H](NC2CC3CN(CC4CC4)CC3C2)CO[C@@H]1c1cc(F)ccc1F. The van der Waals surface area contributed by atoms with Crippen molar-refractivity contribution in [2.45, 2.75) is 56.3 Å². The van der Waals surface area contributed by atoms with Crippen LogP contribution < -0.4 is 11.1 Å². The van der Waals surface area contributed by atoms with Gasteiger partial charge < -0.3 is 20.7 Å². The van der Waals surface area contributed by atoms with E-state index in [0.717, 1.165) is 36.3 Å². The van der Waals surface area contributed by atoms with Crippen LogP contribution in [0.4, 0.5) is 8.78 Å². The van der Waals surface area contributed by atoms with E-state index in [4.69, 9.17) is 10.5 Å². The highest BCUT2D eigenvalue weighted by molar-refractivity contribution is 5.23. The maximum Gasteiger partial charge on any atom is 0.129 e. The second-order valence-corrected chi connectivity index (χ2v) is 9.53. The topological polar surface area (TPSA) is 50.5 Å². The summed E-state index contributed by atoms with van der Waals surface area (Å²) in [5.74, 6) is 1.71. The molecule has 2 unspecified atom stereocenters. The van der Waals surface area contributed by atoms with Crippen LogP contribution in [0.25, 0.3) is 0 Å². The van der Waals surface area contributed by atoms with E-state index in [2.05, 4.69) is 10.2 Å². The molecule has 4 fully saturated rings. The maximum atomic E-state index is 14.1. The molecule has 6 heteroatoms. The number of hydrogen-bond acceptors (Lipinski definition) is 4. The monoisotopic (exact) mass is 391 g/mol. The molecule has 28 heavy (non-hydrogen) atoms. The molecule has 1 aromatic rings. The normalized spacial score (nSPS) is 38.7. The van der Waals surface area contributed by atoms with Crippen molar-refractivity contribution in [1.82, 2.24) is 10.2 Å². The predicted molar refractivity (Wildman–Crippen MR) is 104 cm³/mol. The van der Waals surface area contributed by atoms with Gasteiger partial charge in [0.15, 0.2) is 0 Å². The second-order valence-electron chi connectivity index (χ2n) is 9.53. The molecule has 0 aromatic heterocycles. The number of benzene rings is 1. The van der Waals surface area contributed by atoms with Gasteiger partial charge in [0.05, 0.1) is 6.61 Å². The Morgan fingerprint density at radius 2 is 1.82 bits per heavy atom. The molecule has 0 radical (unpaired) electrons. The molecule has 0 bridgehead atoms. The zero-order chi connectivity index (χ0) is 19.3. The van der Waals surface area contributed by atoms with Crippen LogP contribution in [0.3, 0.4) is 0 Å². The Morgan fingerprint density at radius 1 is 1.07 bits per heavy atom. The Balaban J connectivity index is 1.12. The van der Waals surface area contributed by atoms with E-state index < -0.39 is 17.7 Å². The van der Waals surface area contributed by atoms with Crippen LogP contribution in [-0.2, 0) is 4.74 Å². The van der Waals surface area contributed by atoms with Gasteiger partial charge in [-0.25, -0.2) is 8.78 Å². The minimum atomic E-state index is -0.576. The Bertz CT molecular complexity index is 699. The number of rotatable bonds is 5. The molecule has 154 valence electrons. The summed E-state index contributed by atoms with van der Waals surface area (Å²) in [5, 5.41) is 3.75. The smallest absolute Gasteiger partial charge is 0.129 e. The van der Waals surface area contributed by atoms with Gasteiger partial charge in [-0.2, -0.15) is 0 Å². The first kappa shape index (κ1) is 18.9. The Kier molecular flexibility index (Phi) is 5.16. The molecule has 1 aromatic carbocycles. The fourth-order valence-corrected chi connectivity index (χ4v) is 5.71. The summed E-state index contributed by atoms with van der Waals surface area (Å²) in [7, 11) is 0. The number of ether oxygens (including phenoxy) is 1. The first-order chi connectivity index (χ1) is 13.5. The summed E-state index contributed by atoms with van der Waals surface area (Å²) >= 11 is 0. The van der Waals surface area contributed by atoms with Crippen molar-refractivity contribution in [2.75, 3.05) is 26.2 Å². The van der Waals surface area contributed by atoms with Crippen molar-refractivity contribution in [3.05, 3.63) is 35.4 Å². The second kappa shape index (κ2) is 7.63. The third-order valence-corrected chi connectivity index (χ3v) is 7.20. The Morgan fingerprint density at radius 3 is 2.50 bits per heavy atom. The van der Waals surface area contributed by atoms with Crippen molar-refractivity contribution >= 4 is 0 Å². The van der Waals surface area contributed by atoms with E-state index in [-0.39, 0.29) is 17.6 Å². The summed E-state index contributed by atoms with van der Waals surface area (Å²) in [6.07, 6.45) is 5.48. The van der Waals surface area contributed by atoms with Crippen molar-refractivity contribution in [2.24, 2.45) is 23.5 Å². The molecule has 2 saturated carbocycles. The largest absolute Gasteiger partial charge is 0.370 e. The summed E-state index contributed by atoms with van der Waals surface area (Å²) in [6, 6.07) is 3.86. The van der Waals surface area contributed by atoms with Gasteiger partial charge in [0, 0.05) is 43.3 Å². The van der Waals surface area contributed by atoms with Crippen molar-refractivity contribution in [1.29, 1.82) is 0 Å². The predicted octanol–water partition coefficient (Wildman–Crippen LogP) is 2.83. The standard InChI is InChI=1S/C22H31F2N3O/c23-16-3-4-20(24)19(7-16)22-21(25)8-18(12-28-22)26-17-5-14-10-27(9-13-1-2-13)11-15(14)6-17/h3-4,7,13-15,17-18,21-22,26H,1-2,5-6,8-12,25H2/t14?,15?,17?,18-,21+,22-/m1/s1. The van der Waals surface area contributed by atoms with Gasteiger partial charge in [0.1, 0.15) is 17.7 Å². The lowest BCUT2D eigenvalue weighted by Gasteiger charge is -2.36. The molecule has 0 spiro atoms. The molecule has 2 aliphatic carbocycles. The summed E-state index contributed by atoms with van der Waals surface area (Å²) in [6.45, 7) is 4.34. The summed E-state index contributed by atoms with van der Waals surface area (Å²) in [5.41, 5.74) is 6.53. The van der Waals surface area contributed by atoms with Crippen LogP contribution in [-0.4, -0.2) is 49.3 Å². The number of hydrogen-bond donors (Lipinski definition) is 2. The van der Waals surface area contributed by atoms with Crippen LogP contribution in [0.1, 0.15) is 43.8 Å². The number of likely N-dealkylation sites (tertiary alicyclic amines) is 1. The number of nitrogens with two attached hydrogens (primary N) is 1. The average Bonchev–Trinajstić information content (AvgIpc) is 3.27. The van der Waals surface area contributed by atoms with Gasteiger partial charge in [0.25, 0.3) is 0 Å². The van der Waals surface area contributed by atoms with Gasteiger partial charge in [-0.05, 0) is 68.1 Å². The van der Waals surface area contributed by atoms with E-state index in [9.17, 15) is 8.78 Å². The van der Waals surface area contributed by atoms with E-state index in [1.165, 1.54) is 51.4 Å². The highest BCUT2D eigenvalue weighted by atomic mass is 19.1. The highest BCUT2D eigenvalue weighted by Gasteiger charge is 2.43. The molecule has 4 aliphatic rings. The van der Waals surface area contributed by atoms with Crippen LogP contribution in [0.2, 0.25) is 0 Å². The first-order valence-electron chi connectivity index (χ1n) is 10.9. The zero-order valence-electron chi connectivity index (χ0n) is 16.3. The maximum absolute atomic E-state index is 14.1. The minimum absolute atomic E-state index is 0.189. The molecule has 2 aliphatic heterocycles. The van der Waals surface area contributed by atoms with E-state index in [0.29, 0.717) is 12.6 Å². The third-order valence-electron chi connectivity index (χ3n) is 7.20. The lowest BCUT2D eigenvalue weighted by atomic mass is 9.93. The van der Waals surface area contributed by atoms with Gasteiger partial charge >= 0.3 is 0 Å². The first-order valence-corrected chi connectivity index (χ1v) is 10.9. The number of nitrogens with zero attached hydrogens (tertiary/aromatic N) is 1. The Labute approximate surface area is 165 Å². The fourth-order valence-electron chi connectivity index (χ4n) is 5.71. The van der Waals surface area contributed by atoms with Gasteiger partial charge in [-0.15, -0.1) is 0 Å². The lowest BCUT2D eigenvalue weighted by molar-refractivity contribution is -0.0224. The van der Waals surface area contributed by atoms with Crippen LogP contribution >= 0.6 is 0 Å². The number of nitrogens with one attached hydrogen (secondary N) is 1.